The number of anilines is 2. The first-order chi connectivity index (χ1) is 8.61. The van der Waals surface area contributed by atoms with Gasteiger partial charge in [0.1, 0.15) is 0 Å². The van der Waals surface area contributed by atoms with Gasteiger partial charge in [-0.1, -0.05) is 23.7 Å². The molecule has 2 nitrogen and oxygen atoms in total. The Morgan fingerprint density at radius 3 is 2.61 bits per heavy atom. The van der Waals surface area contributed by atoms with Gasteiger partial charge in [-0.25, -0.2) is 0 Å². The summed E-state index contributed by atoms with van der Waals surface area (Å²) in [7, 11) is 1.98. The highest BCUT2D eigenvalue weighted by Crippen LogP contribution is 2.29. The zero-order chi connectivity index (χ0) is 13.1. The molecule has 94 valence electrons. The van der Waals surface area contributed by atoms with Crippen molar-refractivity contribution in [3.63, 3.8) is 0 Å². The molecule has 0 amide bonds. The molecule has 0 aliphatic carbocycles. The van der Waals surface area contributed by atoms with E-state index < -0.39 is 0 Å². The van der Waals surface area contributed by atoms with Crippen LogP contribution in [0.25, 0.3) is 0 Å². The maximum Gasteiger partial charge on any atom is 0.0702 e. The van der Waals surface area contributed by atoms with Crippen molar-refractivity contribution in [1.82, 2.24) is 0 Å². The maximum atomic E-state index is 9.41. The van der Waals surface area contributed by atoms with E-state index in [0.717, 1.165) is 16.9 Å². The Bertz CT molecular complexity index is 554. The van der Waals surface area contributed by atoms with Crippen LogP contribution in [0.2, 0.25) is 5.02 Å². The van der Waals surface area contributed by atoms with Gasteiger partial charge in [-0.05, 0) is 42.8 Å². The number of aliphatic hydroxyl groups is 1. The van der Waals surface area contributed by atoms with Crippen molar-refractivity contribution < 1.29 is 5.11 Å². The standard InChI is InChI=1S/C15H16ClNO/c1-11-4-3-5-14(8-11)17(2)15-7-6-13(16)9-12(15)10-18/h3-9,18H,10H2,1-2H3. The van der Waals surface area contributed by atoms with Crippen LogP contribution in [-0.2, 0) is 6.61 Å². The zero-order valence-corrected chi connectivity index (χ0v) is 11.3. The van der Waals surface area contributed by atoms with Crippen LogP contribution in [0.15, 0.2) is 42.5 Å². The Morgan fingerprint density at radius 1 is 1.17 bits per heavy atom. The van der Waals surface area contributed by atoms with Crippen LogP contribution in [0, 0.1) is 6.92 Å². The fraction of sp³-hybridized carbons (Fsp3) is 0.200. The molecular weight excluding hydrogens is 246 g/mol. The molecule has 3 heteroatoms. The number of nitrogens with zero attached hydrogens (tertiary/aromatic N) is 1. The maximum absolute atomic E-state index is 9.41. The molecular formula is C15H16ClNO. The van der Waals surface area contributed by atoms with Crippen LogP contribution < -0.4 is 4.90 Å². The van der Waals surface area contributed by atoms with Gasteiger partial charge in [-0.2, -0.15) is 0 Å². The first-order valence-corrected chi connectivity index (χ1v) is 6.19. The summed E-state index contributed by atoms with van der Waals surface area (Å²) in [6.45, 7) is 2.04. The molecule has 2 aromatic carbocycles. The molecule has 0 bridgehead atoms. The van der Waals surface area contributed by atoms with E-state index in [1.807, 2.05) is 31.3 Å². The number of hydrogen-bond donors (Lipinski definition) is 1. The van der Waals surface area contributed by atoms with E-state index in [2.05, 4.69) is 24.0 Å². The van der Waals surface area contributed by atoms with E-state index in [1.165, 1.54) is 5.56 Å². The summed E-state index contributed by atoms with van der Waals surface area (Å²) in [4.78, 5) is 2.05. The molecule has 0 fully saturated rings. The Morgan fingerprint density at radius 2 is 1.94 bits per heavy atom. The highest BCUT2D eigenvalue weighted by Gasteiger charge is 2.09. The van der Waals surface area contributed by atoms with Gasteiger partial charge in [-0.15, -0.1) is 0 Å². The van der Waals surface area contributed by atoms with E-state index in [9.17, 15) is 5.11 Å². The summed E-state index contributed by atoms with van der Waals surface area (Å²) >= 11 is 5.94. The molecule has 2 aromatic rings. The van der Waals surface area contributed by atoms with Crippen LogP contribution in [0.3, 0.4) is 0 Å². The molecule has 2 rings (SSSR count). The second-order valence-corrected chi connectivity index (χ2v) is 4.77. The summed E-state index contributed by atoms with van der Waals surface area (Å²) in [6.07, 6.45) is 0. The quantitative estimate of drug-likeness (QED) is 0.906. The lowest BCUT2D eigenvalue weighted by Gasteiger charge is -2.22. The van der Waals surface area contributed by atoms with Gasteiger partial charge in [-0.3, -0.25) is 0 Å². The smallest absolute Gasteiger partial charge is 0.0702 e. The number of aliphatic hydroxyl groups excluding tert-OH is 1. The predicted molar refractivity (Wildman–Crippen MR) is 76.6 cm³/mol. The molecule has 0 unspecified atom stereocenters. The number of rotatable bonds is 3. The Hall–Kier alpha value is -1.51. The molecule has 0 saturated heterocycles. The van der Waals surface area contributed by atoms with Crippen LogP contribution in [0.4, 0.5) is 11.4 Å². The second-order valence-electron chi connectivity index (χ2n) is 4.33. The largest absolute Gasteiger partial charge is 0.392 e. The summed E-state index contributed by atoms with van der Waals surface area (Å²) in [6, 6.07) is 13.8. The number of aryl methyl sites for hydroxylation is 1. The van der Waals surface area contributed by atoms with Crippen LogP contribution in [0.5, 0.6) is 0 Å². The SMILES string of the molecule is Cc1cccc(N(C)c2ccc(Cl)cc2CO)c1. The Kier molecular flexibility index (Phi) is 3.90. The molecule has 0 aliphatic rings. The lowest BCUT2D eigenvalue weighted by atomic mass is 10.1. The third kappa shape index (κ3) is 2.66. The normalized spacial score (nSPS) is 10.4. The van der Waals surface area contributed by atoms with Crippen LogP contribution in [-0.4, -0.2) is 12.2 Å². The fourth-order valence-electron chi connectivity index (χ4n) is 1.98. The molecule has 0 heterocycles. The number of halogens is 1. The minimum atomic E-state index is -0.0218. The summed E-state index contributed by atoms with van der Waals surface area (Å²) in [5.41, 5.74) is 4.09. The van der Waals surface area contributed by atoms with Crippen molar-refractivity contribution in [3.05, 3.63) is 58.6 Å². The first-order valence-electron chi connectivity index (χ1n) is 5.81. The highest BCUT2D eigenvalue weighted by molar-refractivity contribution is 6.30. The Labute approximate surface area is 112 Å². The van der Waals surface area contributed by atoms with Gasteiger partial charge < -0.3 is 10.0 Å². The molecule has 1 N–H and O–H groups in total. The van der Waals surface area contributed by atoms with Gasteiger partial charge in [0.25, 0.3) is 0 Å². The molecule has 0 atom stereocenters. The number of benzene rings is 2. The molecule has 0 aliphatic heterocycles. The average molecular weight is 262 g/mol. The van der Waals surface area contributed by atoms with Gasteiger partial charge in [0.05, 0.1) is 6.61 Å². The van der Waals surface area contributed by atoms with Crippen molar-refractivity contribution in [1.29, 1.82) is 0 Å². The summed E-state index contributed by atoms with van der Waals surface area (Å²) in [5.74, 6) is 0. The van der Waals surface area contributed by atoms with Gasteiger partial charge in [0, 0.05) is 29.0 Å². The molecule has 0 aromatic heterocycles. The topological polar surface area (TPSA) is 23.5 Å². The molecule has 0 spiro atoms. The Balaban J connectivity index is 2.42. The van der Waals surface area contributed by atoms with Crippen molar-refractivity contribution in [2.45, 2.75) is 13.5 Å². The molecule has 18 heavy (non-hydrogen) atoms. The monoisotopic (exact) mass is 261 g/mol. The average Bonchev–Trinajstić information content (AvgIpc) is 2.37. The van der Waals surface area contributed by atoms with Gasteiger partial charge in [0.15, 0.2) is 0 Å². The lowest BCUT2D eigenvalue weighted by Crippen LogP contribution is -2.11. The van der Waals surface area contributed by atoms with E-state index in [-0.39, 0.29) is 6.61 Å². The van der Waals surface area contributed by atoms with Crippen LogP contribution in [0.1, 0.15) is 11.1 Å². The van der Waals surface area contributed by atoms with E-state index in [1.54, 1.807) is 6.07 Å². The minimum absolute atomic E-state index is 0.0218. The summed E-state index contributed by atoms with van der Waals surface area (Å²) in [5, 5.41) is 10.0. The van der Waals surface area contributed by atoms with Gasteiger partial charge in [0.2, 0.25) is 0 Å². The van der Waals surface area contributed by atoms with E-state index in [4.69, 9.17) is 11.6 Å². The first kappa shape index (κ1) is 12.9. The van der Waals surface area contributed by atoms with Gasteiger partial charge >= 0.3 is 0 Å². The fourth-order valence-corrected chi connectivity index (χ4v) is 2.18. The van der Waals surface area contributed by atoms with Crippen molar-refractivity contribution in [2.75, 3.05) is 11.9 Å². The minimum Gasteiger partial charge on any atom is -0.392 e. The van der Waals surface area contributed by atoms with Crippen LogP contribution >= 0.6 is 11.6 Å². The zero-order valence-electron chi connectivity index (χ0n) is 10.5. The molecule has 0 radical (unpaired) electrons. The van der Waals surface area contributed by atoms with E-state index >= 15 is 0 Å². The van der Waals surface area contributed by atoms with Crippen molar-refractivity contribution in [3.8, 4) is 0 Å². The lowest BCUT2D eigenvalue weighted by molar-refractivity contribution is 0.282. The highest BCUT2D eigenvalue weighted by atomic mass is 35.5. The third-order valence-electron chi connectivity index (χ3n) is 2.96. The molecule has 0 saturated carbocycles. The van der Waals surface area contributed by atoms with E-state index in [0.29, 0.717) is 5.02 Å². The number of hydrogen-bond acceptors (Lipinski definition) is 2. The summed E-state index contributed by atoms with van der Waals surface area (Å²) < 4.78 is 0. The predicted octanol–water partition coefficient (Wildman–Crippen LogP) is 3.91. The van der Waals surface area contributed by atoms with Crippen molar-refractivity contribution in [2.24, 2.45) is 0 Å². The third-order valence-corrected chi connectivity index (χ3v) is 3.20. The van der Waals surface area contributed by atoms with Crippen molar-refractivity contribution >= 4 is 23.0 Å². The second kappa shape index (κ2) is 5.42.